The van der Waals surface area contributed by atoms with E-state index in [1.165, 1.54) is 11.1 Å². The molecule has 180 valence electrons. The van der Waals surface area contributed by atoms with Gasteiger partial charge in [-0.2, -0.15) is 5.10 Å². The van der Waals surface area contributed by atoms with E-state index in [-0.39, 0.29) is 23.2 Å². The molecule has 3 saturated carbocycles. The smallest absolute Gasteiger partial charge is 0.190 e. The molecule has 0 bridgehead atoms. The molecule has 3 N–H and O–H groups in total. The van der Waals surface area contributed by atoms with Crippen LogP contribution in [-0.4, -0.2) is 49.2 Å². The van der Waals surface area contributed by atoms with Crippen molar-refractivity contribution in [3.63, 3.8) is 0 Å². The Bertz CT molecular complexity index is 1170. The van der Waals surface area contributed by atoms with E-state index in [1.807, 2.05) is 36.0 Å². The van der Waals surface area contributed by atoms with Crippen LogP contribution < -0.4 is 0 Å². The molecular weight excluding hydrogens is 428 g/mol. The molecule has 4 aliphatic rings. The van der Waals surface area contributed by atoms with Gasteiger partial charge in [-0.1, -0.05) is 37.6 Å². The molecule has 34 heavy (non-hydrogen) atoms. The number of benzene rings is 1. The van der Waals surface area contributed by atoms with Crippen molar-refractivity contribution in [1.29, 1.82) is 0 Å². The van der Waals surface area contributed by atoms with Crippen LogP contribution in [0.1, 0.15) is 57.2 Å². The van der Waals surface area contributed by atoms with Gasteiger partial charge in [-0.05, 0) is 85.5 Å². The first-order valence-corrected chi connectivity index (χ1v) is 12.6. The normalized spacial score (nSPS) is 40.6. The molecule has 1 heterocycles. The van der Waals surface area contributed by atoms with E-state index in [9.17, 15) is 20.1 Å². The van der Waals surface area contributed by atoms with Crippen LogP contribution in [0.25, 0.3) is 11.8 Å². The molecule has 3 fully saturated rings. The Morgan fingerprint density at radius 1 is 1.21 bits per heavy atom. The van der Waals surface area contributed by atoms with Gasteiger partial charge in [-0.25, -0.2) is 4.68 Å². The van der Waals surface area contributed by atoms with Gasteiger partial charge in [0.05, 0.1) is 23.7 Å². The van der Waals surface area contributed by atoms with E-state index in [4.69, 9.17) is 5.10 Å². The fourth-order valence-electron chi connectivity index (χ4n) is 8.55. The van der Waals surface area contributed by atoms with Crippen LogP contribution in [0.5, 0.6) is 0 Å². The first-order valence-electron chi connectivity index (χ1n) is 12.6. The number of ketones is 1. The van der Waals surface area contributed by atoms with Crippen molar-refractivity contribution in [3.05, 3.63) is 53.4 Å². The van der Waals surface area contributed by atoms with Crippen LogP contribution >= 0.6 is 0 Å². The van der Waals surface area contributed by atoms with E-state index < -0.39 is 29.5 Å². The van der Waals surface area contributed by atoms with E-state index in [0.29, 0.717) is 12.8 Å². The highest BCUT2D eigenvalue weighted by Gasteiger charge is 2.68. The Kier molecular flexibility index (Phi) is 4.81. The number of hydrogen-bond acceptors (Lipinski definition) is 5. The van der Waals surface area contributed by atoms with E-state index >= 15 is 0 Å². The molecule has 0 radical (unpaired) electrons. The zero-order valence-electron chi connectivity index (χ0n) is 19.9. The number of rotatable bonds is 3. The molecule has 6 heteroatoms. The number of aliphatic hydroxyl groups excluding tert-OH is 2. The van der Waals surface area contributed by atoms with Gasteiger partial charge in [0, 0.05) is 5.41 Å². The first-order chi connectivity index (χ1) is 16.2. The summed E-state index contributed by atoms with van der Waals surface area (Å²) in [4.78, 5) is 12.6. The summed E-state index contributed by atoms with van der Waals surface area (Å²) in [5.41, 5.74) is 2.33. The average Bonchev–Trinajstić information content (AvgIpc) is 3.35. The Morgan fingerprint density at radius 2 is 1.97 bits per heavy atom. The summed E-state index contributed by atoms with van der Waals surface area (Å²) >= 11 is 0. The van der Waals surface area contributed by atoms with Gasteiger partial charge in [-0.15, -0.1) is 0 Å². The van der Waals surface area contributed by atoms with Crippen molar-refractivity contribution in [1.82, 2.24) is 9.78 Å². The summed E-state index contributed by atoms with van der Waals surface area (Å²) in [6.07, 6.45) is 7.92. The predicted octanol–water partition coefficient (Wildman–Crippen LogP) is 3.32. The third-order valence-corrected chi connectivity index (χ3v) is 10.2. The Balaban J connectivity index is 1.38. The van der Waals surface area contributed by atoms with Gasteiger partial charge < -0.3 is 15.3 Å². The molecule has 0 saturated heterocycles. The molecule has 1 aromatic carbocycles. The van der Waals surface area contributed by atoms with E-state index in [2.05, 4.69) is 25.1 Å². The molecule has 4 aliphatic carbocycles. The van der Waals surface area contributed by atoms with Gasteiger partial charge in [0.2, 0.25) is 0 Å². The number of aromatic nitrogens is 2. The van der Waals surface area contributed by atoms with Gasteiger partial charge in [0.25, 0.3) is 0 Å². The fourth-order valence-corrected chi connectivity index (χ4v) is 8.55. The molecule has 0 spiro atoms. The van der Waals surface area contributed by atoms with Gasteiger partial charge >= 0.3 is 0 Å². The number of hydrogen-bond donors (Lipinski definition) is 3. The molecule has 6 rings (SSSR count). The van der Waals surface area contributed by atoms with Crippen molar-refractivity contribution < 1.29 is 20.1 Å². The molecule has 6 nitrogen and oxygen atoms in total. The minimum Gasteiger partial charge on any atom is -0.393 e. The summed E-state index contributed by atoms with van der Waals surface area (Å²) < 4.78 is 2.01. The van der Waals surface area contributed by atoms with Crippen LogP contribution in [0.4, 0.5) is 0 Å². The highest BCUT2D eigenvalue weighted by molar-refractivity contribution is 5.89. The predicted molar refractivity (Wildman–Crippen MR) is 128 cm³/mol. The second kappa shape index (κ2) is 7.36. The lowest BCUT2D eigenvalue weighted by molar-refractivity contribution is -0.181. The lowest BCUT2D eigenvalue weighted by atomic mass is 9.45. The molecule has 2 aromatic rings. The molecule has 4 unspecified atom stereocenters. The molecule has 1 aromatic heterocycles. The quantitative estimate of drug-likeness (QED) is 0.650. The van der Waals surface area contributed by atoms with Crippen LogP contribution in [-0.2, 0) is 11.2 Å². The standard InChI is InChI=1S/C28H34N2O4/c1-26-13-17-15-29-30(19-6-4-3-5-7-19)22(17)12-18(26)8-9-20-21-10-11-28(34,24(33)16-31)27(21,2)14-23(32)25(20)26/h3-7,12,15,20-21,23,25,31-32,34H,8-11,13-14,16H2,1-2H3/t20?,21?,23?,25?,26-,27-,28-/m0/s1. The number of carbonyl (C=O) groups excluding carboxylic acids is 1. The number of fused-ring (bicyclic) bond motifs is 6. The van der Waals surface area contributed by atoms with Crippen molar-refractivity contribution >= 4 is 11.9 Å². The van der Waals surface area contributed by atoms with Crippen molar-refractivity contribution in [2.45, 2.75) is 64.1 Å². The highest BCUT2D eigenvalue weighted by Crippen LogP contribution is 2.67. The maximum absolute atomic E-state index is 12.6. The second-order valence-corrected chi connectivity index (χ2v) is 11.6. The first kappa shape index (κ1) is 22.2. The average molecular weight is 463 g/mol. The van der Waals surface area contributed by atoms with Crippen LogP contribution in [0, 0.1) is 28.6 Å². The number of carbonyl (C=O) groups is 1. The summed E-state index contributed by atoms with van der Waals surface area (Å²) in [7, 11) is 0. The molecule has 7 atom stereocenters. The van der Waals surface area contributed by atoms with Gasteiger partial charge in [0.1, 0.15) is 12.2 Å². The maximum atomic E-state index is 12.6. The zero-order valence-corrected chi connectivity index (χ0v) is 19.9. The van der Waals surface area contributed by atoms with Gasteiger partial charge in [0.15, 0.2) is 5.78 Å². The lowest BCUT2D eigenvalue weighted by Gasteiger charge is -2.60. The molecule has 0 aliphatic heterocycles. The summed E-state index contributed by atoms with van der Waals surface area (Å²) in [5, 5.41) is 37.3. The summed E-state index contributed by atoms with van der Waals surface area (Å²) in [6.45, 7) is 3.61. The zero-order chi connectivity index (χ0) is 23.9. The van der Waals surface area contributed by atoms with Gasteiger partial charge in [-0.3, -0.25) is 4.79 Å². The van der Waals surface area contributed by atoms with E-state index in [0.717, 1.165) is 37.1 Å². The fraction of sp³-hybridized carbons (Fsp3) is 0.571. The minimum absolute atomic E-state index is 0.0744. The second-order valence-electron chi connectivity index (χ2n) is 11.6. The number of allylic oxidation sites excluding steroid dienone is 1. The lowest BCUT2D eigenvalue weighted by Crippen LogP contribution is -2.62. The monoisotopic (exact) mass is 462 g/mol. The van der Waals surface area contributed by atoms with Crippen molar-refractivity contribution in [2.24, 2.45) is 28.6 Å². The summed E-state index contributed by atoms with van der Waals surface area (Å²) in [5.74, 6) is -0.0258. The van der Waals surface area contributed by atoms with Crippen molar-refractivity contribution in [2.75, 3.05) is 6.61 Å². The minimum atomic E-state index is -1.55. The number of nitrogens with zero attached hydrogens (tertiary/aromatic N) is 2. The maximum Gasteiger partial charge on any atom is 0.190 e. The highest BCUT2D eigenvalue weighted by atomic mass is 16.3. The Labute approximate surface area is 200 Å². The SMILES string of the molecule is C[C@]12Cc3cnn(-c4ccccc4)c3C=C1CCC1C2C(O)C[C@@]2(C)C1CC[C@]2(O)C(=O)CO. The summed E-state index contributed by atoms with van der Waals surface area (Å²) in [6, 6.07) is 10.2. The third-order valence-electron chi connectivity index (χ3n) is 10.2. The van der Waals surface area contributed by atoms with Crippen LogP contribution in [0.2, 0.25) is 0 Å². The number of aliphatic hydroxyl groups is 3. The molecule has 0 amide bonds. The molecular formula is C28H34N2O4. The van der Waals surface area contributed by atoms with Crippen LogP contribution in [0.15, 0.2) is 42.1 Å². The third kappa shape index (κ3) is 2.73. The Morgan fingerprint density at radius 3 is 2.71 bits per heavy atom. The topological polar surface area (TPSA) is 95.6 Å². The number of para-hydroxylation sites is 1. The van der Waals surface area contributed by atoms with Crippen LogP contribution in [0.3, 0.4) is 0 Å². The Hall–Kier alpha value is -2.28. The number of Topliss-reactive ketones (excluding diaryl/α,β-unsaturated/α-hetero) is 1. The largest absolute Gasteiger partial charge is 0.393 e. The van der Waals surface area contributed by atoms with Crippen molar-refractivity contribution in [3.8, 4) is 5.69 Å². The van der Waals surface area contributed by atoms with E-state index in [1.54, 1.807) is 0 Å².